The number of carbonyl (C=O) groups is 1. The molecule has 0 saturated heterocycles. The summed E-state index contributed by atoms with van der Waals surface area (Å²) in [5.41, 5.74) is 4.72. The Hall–Kier alpha value is -1.01. The number of rotatable bonds is 2. The molecule has 0 atom stereocenters. The van der Waals surface area contributed by atoms with Crippen LogP contribution < -0.4 is 5.73 Å². The minimum absolute atomic E-state index is 0.143. The molecule has 0 aliphatic rings. The van der Waals surface area contributed by atoms with Crippen LogP contribution in [-0.2, 0) is 4.79 Å². The average molecular weight is 154 g/mol. The number of hydrogen-bond donors (Lipinski definition) is 1. The Morgan fingerprint density at radius 2 is 2.18 bits per heavy atom. The van der Waals surface area contributed by atoms with Gasteiger partial charge >= 0.3 is 0 Å². The molecule has 0 fully saturated rings. The van der Waals surface area contributed by atoms with Gasteiger partial charge in [-0.25, -0.2) is 0 Å². The Balaban J connectivity index is 4.17. The quantitative estimate of drug-likeness (QED) is 0.561. The van der Waals surface area contributed by atoms with E-state index in [1.54, 1.807) is 20.9 Å². The summed E-state index contributed by atoms with van der Waals surface area (Å²) < 4.78 is 0. The summed E-state index contributed by atoms with van der Waals surface area (Å²) in [4.78, 5) is 12.7. The summed E-state index contributed by atoms with van der Waals surface area (Å²) in [5.74, 6) is 2.23. The summed E-state index contributed by atoms with van der Waals surface area (Å²) in [6, 6.07) is 0. The second-order valence-electron chi connectivity index (χ2n) is 3.09. The maximum absolute atomic E-state index is 11.3. The smallest absolute Gasteiger partial charge is 0.242 e. The highest BCUT2D eigenvalue weighted by Gasteiger charge is 2.24. The lowest BCUT2D eigenvalue weighted by Gasteiger charge is -2.23. The number of nitrogens with zero attached hydrogens (tertiary/aromatic N) is 1. The molecule has 1 amide bonds. The van der Waals surface area contributed by atoms with Crippen LogP contribution in [0.2, 0.25) is 0 Å². The van der Waals surface area contributed by atoms with Crippen LogP contribution in [0.25, 0.3) is 0 Å². The van der Waals surface area contributed by atoms with Gasteiger partial charge in [0.1, 0.15) is 0 Å². The fourth-order valence-electron chi connectivity index (χ4n) is 0.701. The van der Waals surface area contributed by atoms with Crippen molar-refractivity contribution in [3.63, 3.8) is 0 Å². The second kappa shape index (κ2) is 3.40. The molecular weight excluding hydrogens is 140 g/mol. The molecule has 0 spiro atoms. The van der Waals surface area contributed by atoms with Crippen molar-refractivity contribution in [2.45, 2.75) is 19.4 Å². The largest absolute Gasteiger partial charge is 0.333 e. The third-order valence-corrected chi connectivity index (χ3v) is 1.23. The Kier molecular flexibility index (Phi) is 3.09. The van der Waals surface area contributed by atoms with Gasteiger partial charge in [0, 0.05) is 7.05 Å². The van der Waals surface area contributed by atoms with Crippen molar-refractivity contribution in [3.8, 4) is 12.3 Å². The molecular formula is C8H14N2O. The summed E-state index contributed by atoms with van der Waals surface area (Å²) in [6.45, 7) is 3.62. The first-order chi connectivity index (χ1) is 4.89. The minimum atomic E-state index is -0.828. The molecule has 0 aromatic carbocycles. The van der Waals surface area contributed by atoms with Crippen molar-refractivity contribution in [2.75, 3.05) is 13.6 Å². The lowest BCUT2D eigenvalue weighted by Crippen LogP contribution is -2.49. The topological polar surface area (TPSA) is 46.3 Å². The number of hydrogen-bond acceptors (Lipinski definition) is 2. The number of amides is 1. The van der Waals surface area contributed by atoms with Crippen LogP contribution in [0.4, 0.5) is 0 Å². The van der Waals surface area contributed by atoms with Crippen molar-refractivity contribution in [2.24, 2.45) is 5.73 Å². The molecule has 0 aromatic rings. The molecule has 3 nitrogen and oxygen atoms in total. The van der Waals surface area contributed by atoms with Crippen molar-refractivity contribution in [1.29, 1.82) is 0 Å². The third kappa shape index (κ3) is 3.06. The first-order valence-corrected chi connectivity index (χ1v) is 3.37. The number of nitrogens with two attached hydrogens (primary N) is 1. The van der Waals surface area contributed by atoms with Gasteiger partial charge in [0.2, 0.25) is 5.91 Å². The van der Waals surface area contributed by atoms with Gasteiger partial charge in [-0.2, -0.15) is 0 Å². The highest BCUT2D eigenvalue weighted by molar-refractivity contribution is 5.85. The van der Waals surface area contributed by atoms with Crippen LogP contribution in [0, 0.1) is 12.3 Å². The SMILES string of the molecule is C#CCN(C)C(=O)C(C)(C)N. The maximum atomic E-state index is 11.3. The molecule has 0 radical (unpaired) electrons. The fourth-order valence-corrected chi connectivity index (χ4v) is 0.701. The molecule has 0 heterocycles. The molecule has 2 N–H and O–H groups in total. The zero-order chi connectivity index (χ0) is 9.07. The van der Waals surface area contributed by atoms with Crippen molar-refractivity contribution in [3.05, 3.63) is 0 Å². The third-order valence-electron chi connectivity index (χ3n) is 1.23. The predicted octanol–water partition coefficient (Wildman–Crippen LogP) is -0.185. The molecule has 62 valence electrons. The summed E-state index contributed by atoms with van der Waals surface area (Å²) in [5, 5.41) is 0. The zero-order valence-corrected chi connectivity index (χ0v) is 7.22. The normalized spacial score (nSPS) is 10.5. The van der Waals surface area contributed by atoms with Crippen LogP contribution in [-0.4, -0.2) is 29.9 Å². The summed E-state index contributed by atoms with van der Waals surface area (Å²) in [7, 11) is 1.64. The molecule has 0 bridgehead atoms. The van der Waals surface area contributed by atoms with Gasteiger partial charge in [-0.05, 0) is 13.8 Å². The van der Waals surface area contributed by atoms with E-state index in [0.717, 1.165) is 0 Å². The van der Waals surface area contributed by atoms with E-state index in [9.17, 15) is 4.79 Å². The van der Waals surface area contributed by atoms with E-state index in [1.165, 1.54) is 4.90 Å². The van der Waals surface area contributed by atoms with Gasteiger partial charge in [0.05, 0.1) is 12.1 Å². The Bertz CT molecular complexity index is 185. The predicted molar refractivity (Wildman–Crippen MR) is 44.7 cm³/mol. The van der Waals surface area contributed by atoms with Crippen molar-refractivity contribution < 1.29 is 4.79 Å². The first-order valence-electron chi connectivity index (χ1n) is 3.37. The average Bonchev–Trinajstić information content (AvgIpc) is 1.85. The van der Waals surface area contributed by atoms with Crippen LogP contribution in [0.5, 0.6) is 0 Å². The van der Waals surface area contributed by atoms with E-state index >= 15 is 0 Å². The molecule has 0 aromatic heterocycles. The molecule has 3 heteroatoms. The lowest BCUT2D eigenvalue weighted by molar-refractivity contribution is -0.133. The van der Waals surface area contributed by atoms with E-state index in [0.29, 0.717) is 6.54 Å². The molecule has 0 aliphatic heterocycles. The molecule has 11 heavy (non-hydrogen) atoms. The zero-order valence-electron chi connectivity index (χ0n) is 7.22. The van der Waals surface area contributed by atoms with E-state index in [-0.39, 0.29) is 5.91 Å². The van der Waals surface area contributed by atoms with E-state index in [4.69, 9.17) is 12.2 Å². The van der Waals surface area contributed by atoms with Crippen molar-refractivity contribution >= 4 is 5.91 Å². The van der Waals surface area contributed by atoms with Gasteiger partial charge in [0.25, 0.3) is 0 Å². The highest BCUT2D eigenvalue weighted by Crippen LogP contribution is 2.01. The summed E-state index contributed by atoms with van der Waals surface area (Å²) >= 11 is 0. The van der Waals surface area contributed by atoms with E-state index in [1.807, 2.05) is 0 Å². The standard InChI is InChI=1S/C8H14N2O/c1-5-6-10(4)7(11)8(2,3)9/h1H,6,9H2,2-4H3. The Morgan fingerprint density at radius 1 is 1.73 bits per heavy atom. The van der Waals surface area contributed by atoms with E-state index < -0.39 is 5.54 Å². The minimum Gasteiger partial charge on any atom is -0.333 e. The van der Waals surface area contributed by atoms with Crippen LogP contribution >= 0.6 is 0 Å². The summed E-state index contributed by atoms with van der Waals surface area (Å²) in [6.07, 6.45) is 5.03. The van der Waals surface area contributed by atoms with E-state index in [2.05, 4.69) is 5.92 Å². The number of carbonyl (C=O) groups excluding carboxylic acids is 1. The highest BCUT2D eigenvalue weighted by atomic mass is 16.2. The Labute approximate surface area is 67.6 Å². The maximum Gasteiger partial charge on any atom is 0.242 e. The number of likely N-dealkylation sites (N-methyl/N-ethyl adjacent to an activating group) is 1. The van der Waals surface area contributed by atoms with Crippen LogP contribution in [0.1, 0.15) is 13.8 Å². The number of terminal acetylenes is 1. The Morgan fingerprint density at radius 3 is 2.45 bits per heavy atom. The fraction of sp³-hybridized carbons (Fsp3) is 0.625. The van der Waals surface area contributed by atoms with Gasteiger partial charge in [-0.1, -0.05) is 5.92 Å². The lowest BCUT2D eigenvalue weighted by atomic mass is 10.1. The van der Waals surface area contributed by atoms with Crippen LogP contribution in [0.3, 0.4) is 0 Å². The molecule has 0 aliphatic carbocycles. The molecule has 0 unspecified atom stereocenters. The van der Waals surface area contributed by atoms with Gasteiger partial charge < -0.3 is 10.6 Å². The van der Waals surface area contributed by atoms with Crippen molar-refractivity contribution in [1.82, 2.24) is 4.90 Å². The molecule has 0 saturated carbocycles. The monoisotopic (exact) mass is 154 g/mol. The first kappa shape index (κ1) is 9.99. The van der Waals surface area contributed by atoms with Gasteiger partial charge in [-0.3, -0.25) is 4.79 Å². The van der Waals surface area contributed by atoms with Gasteiger partial charge in [-0.15, -0.1) is 6.42 Å². The van der Waals surface area contributed by atoms with Crippen LogP contribution in [0.15, 0.2) is 0 Å². The van der Waals surface area contributed by atoms with Gasteiger partial charge in [0.15, 0.2) is 0 Å². The molecule has 0 rings (SSSR count). The second-order valence-corrected chi connectivity index (χ2v) is 3.09.